The van der Waals surface area contributed by atoms with Gasteiger partial charge in [0.05, 0.1) is 12.8 Å². The minimum absolute atomic E-state index is 0.821. The lowest BCUT2D eigenvalue weighted by atomic mass is 10.1. The van der Waals surface area contributed by atoms with Crippen LogP contribution in [0.5, 0.6) is 5.75 Å². The van der Waals surface area contributed by atoms with Crippen molar-refractivity contribution in [3.63, 3.8) is 0 Å². The number of benzene rings is 2. The van der Waals surface area contributed by atoms with Crippen LogP contribution in [0, 0.1) is 0 Å². The van der Waals surface area contributed by atoms with Crippen LogP contribution in [0.2, 0.25) is 0 Å². The maximum absolute atomic E-state index is 5.19. The summed E-state index contributed by atoms with van der Waals surface area (Å²) in [6.45, 7) is 1.65. The van der Waals surface area contributed by atoms with Crippen LogP contribution in [0.3, 0.4) is 0 Å². The Morgan fingerprint density at radius 3 is 2.07 bits per heavy atom. The van der Waals surface area contributed by atoms with Gasteiger partial charge in [0.1, 0.15) is 5.75 Å². The second-order valence-electron chi connectivity index (χ2n) is 6.39. The van der Waals surface area contributed by atoms with Gasteiger partial charge >= 0.3 is 0 Å². The van der Waals surface area contributed by atoms with Crippen LogP contribution in [0.1, 0.15) is 11.1 Å². The third-order valence-electron chi connectivity index (χ3n) is 4.50. The van der Waals surface area contributed by atoms with E-state index in [1.807, 2.05) is 29.1 Å². The summed E-state index contributed by atoms with van der Waals surface area (Å²) in [4.78, 5) is 4.29. The highest BCUT2D eigenvalue weighted by atomic mass is 16.5. The second kappa shape index (κ2) is 10.2. The lowest BCUT2D eigenvalue weighted by Crippen LogP contribution is -2.39. The molecule has 6 heteroatoms. The summed E-state index contributed by atoms with van der Waals surface area (Å²) in [5.41, 5.74) is 3.61. The van der Waals surface area contributed by atoms with Gasteiger partial charge in [0, 0.05) is 32.5 Å². The summed E-state index contributed by atoms with van der Waals surface area (Å²) in [5, 5.41) is 11.0. The molecule has 0 unspecified atom stereocenters. The van der Waals surface area contributed by atoms with E-state index in [2.05, 4.69) is 57.1 Å². The number of aliphatic imine (C=N–C) groups is 1. The molecular formula is C22H27N5O. The third kappa shape index (κ3) is 5.61. The normalized spacial score (nSPS) is 11.3. The Bertz CT molecular complexity index is 855. The molecule has 0 saturated carbocycles. The Kier molecular flexibility index (Phi) is 7.07. The zero-order chi connectivity index (χ0) is 19.6. The highest BCUT2D eigenvalue weighted by molar-refractivity contribution is 5.79. The van der Waals surface area contributed by atoms with Crippen molar-refractivity contribution in [2.24, 2.45) is 4.99 Å². The van der Waals surface area contributed by atoms with Crippen molar-refractivity contribution in [3.8, 4) is 11.4 Å². The first kappa shape index (κ1) is 19.5. The molecule has 0 fully saturated rings. The first-order valence-electron chi connectivity index (χ1n) is 9.45. The molecular weight excluding hydrogens is 350 g/mol. The molecule has 0 amide bonds. The molecule has 0 saturated heterocycles. The van der Waals surface area contributed by atoms with E-state index >= 15 is 0 Å². The van der Waals surface area contributed by atoms with Crippen LogP contribution in [0.15, 0.2) is 72.0 Å². The zero-order valence-electron chi connectivity index (χ0n) is 16.4. The molecule has 6 nitrogen and oxygen atoms in total. The van der Waals surface area contributed by atoms with E-state index in [9.17, 15) is 0 Å². The molecule has 2 aromatic carbocycles. The monoisotopic (exact) mass is 377 g/mol. The number of ether oxygens (including phenoxy) is 1. The van der Waals surface area contributed by atoms with Crippen LogP contribution in [-0.2, 0) is 12.8 Å². The molecule has 146 valence electrons. The maximum Gasteiger partial charge on any atom is 0.190 e. The molecule has 28 heavy (non-hydrogen) atoms. The Labute approximate surface area is 166 Å². The number of aromatic nitrogens is 2. The van der Waals surface area contributed by atoms with Gasteiger partial charge < -0.3 is 15.4 Å². The number of guanidine groups is 1. The van der Waals surface area contributed by atoms with Crippen molar-refractivity contribution in [2.45, 2.75) is 12.8 Å². The highest BCUT2D eigenvalue weighted by Crippen LogP contribution is 2.11. The number of rotatable bonds is 8. The SMILES string of the molecule is CN=C(NCCc1ccc(OC)cc1)NCCc1ccc(-n2cccn2)cc1. The predicted molar refractivity (Wildman–Crippen MR) is 113 cm³/mol. The minimum Gasteiger partial charge on any atom is -0.497 e. The first-order chi connectivity index (χ1) is 13.8. The summed E-state index contributed by atoms with van der Waals surface area (Å²) in [6.07, 6.45) is 5.58. The first-order valence-corrected chi connectivity index (χ1v) is 9.45. The maximum atomic E-state index is 5.19. The van der Waals surface area contributed by atoms with Crippen molar-refractivity contribution in [3.05, 3.63) is 78.1 Å². The van der Waals surface area contributed by atoms with E-state index < -0.39 is 0 Å². The fourth-order valence-electron chi connectivity index (χ4n) is 2.90. The third-order valence-corrected chi connectivity index (χ3v) is 4.50. The van der Waals surface area contributed by atoms with Crippen LogP contribution >= 0.6 is 0 Å². The molecule has 1 heterocycles. The molecule has 0 atom stereocenters. The van der Waals surface area contributed by atoms with Gasteiger partial charge in [-0.3, -0.25) is 4.99 Å². The van der Waals surface area contributed by atoms with E-state index in [1.165, 1.54) is 11.1 Å². The molecule has 0 aliphatic heterocycles. The molecule has 0 radical (unpaired) electrons. The van der Waals surface area contributed by atoms with Crippen molar-refractivity contribution in [1.29, 1.82) is 0 Å². The molecule has 0 bridgehead atoms. The number of methoxy groups -OCH3 is 1. The van der Waals surface area contributed by atoms with Gasteiger partial charge in [0.15, 0.2) is 5.96 Å². The van der Waals surface area contributed by atoms with Crippen LogP contribution < -0.4 is 15.4 Å². The van der Waals surface area contributed by atoms with E-state index in [0.29, 0.717) is 0 Å². The fourth-order valence-corrected chi connectivity index (χ4v) is 2.90. The molecule has 3 rings (SSSR count). The standard InChI is InChI=1S/C22H27N5O/c1-23-22(25-16-13-19-6-10-21(28-2)11-7-19)24-15-12-18-4-8-20(9-5-18)27-17-3-14-26-27/h3-11,14,17H,12-13,15-16H2,1-2H3,(H2,23,24,25). The number of hydrogen-bond acceptors (Lipinski definition) is 3. The van der Waals surface area contributed by atoms with Gasteiger partial charge in [-0.2, -0.15) is 5.10 Å². The van der Waals surface area contributed by atoms with E-state index in [1.54, 1.807) is 20.4 Å². The number of nitrogens with one attached hydrogen (secondary N) is 2. The van der Waals surface area contributed by atoms with E-state index in [4.69, 9.17) is 4.74 Å². The lowest BCUT2D eigenvalue weighted by molar-refractivity contribution is 0.414. The topological polar surface area (TPSA) is 63.5 Å². The van der Waals surface area contributed by atoms with Gasteiger partial charge in [-0.1, -0.05) is 24.3 Å². The number of nitrogens with zero attached hydrogens (tertiary/aromatic N) is 3. The average Bonchev–Trinajstić information content (AvgIpc) is 3.28. The van der Waals surface area contributed by atoms with E-state index in [-0.39, 0.29) is 0 Å². The highest BCUT2D eigenvalue weighted by Gasteiger charge is 2.01. The van der Waals surface area contributed by atoms with Gasteiger partial charge in [0.2, 0.25) is 0 Å². The Balaban J connectivity index is 1.39. The lowest BCUT2D eigenvalue weighted by Gasteiger charge is -2.12. The quantitative estimate of drug-likeness (QED) is 0.468. The van der Waals surface area contributed by atoms with Crippen molar-refractivity contribution < 1.29 is 4.74 Å². The molecule has 0 aliphatic carbocycles. The Morgan fingerprint density at radius 1 is 0.964 bits per heavy atom. The zero-order valence-corrected chi connectivity index (χ0v) is 16.4. The smallest absolute Gasteiger partial charge is 0.190 e. The predicted octanol–water partition coefficient (Wildman–Crippen LogP) is 2.83. The van der Waals surface area contributed by atoms with E-state index in [0.717, 1.165) is 43.3 Å². The molecule has 1 aromatic heterocycles. The van der Waals surface area contributed by atoms with Gasteiger partial charge in [0.25, 0.3) is 0 Å². The van der Waals surface area contributed by atoms with Crippen LogP contribution in [0.4, 0.5) is 0 Å². The second-order valence-corrected chi connectivity index (χ2v) is 6.39. The minimum atomic E-state index is 0.821. The summed E-state index contributed by atoms with van der Waals surface area (Å²) in [7, 11) is 3.47. The summed E-state index contributed by atoms with van der Waals surface area (Å²) >= 11 is 0. The van der Waals surface area contributed by atoms with Gasteiger partial charge in [-0.25, -0.2) is 4.68 Å². The van der Waals surface area contributed by atoms with Gasteiger partial charge in [-0.05, 0) is 54.3 Å². The van der Waals surface area contributed by atoms with Gasteiger partial charge in [-0.15, -0.1) is 0 Å². The van der Waals surface area contributed by atoms with Crippen molar-refractivity contribution in [2.75, 3.05) is 27.2 Å². The summed E-state index contributed by atoms with van der Waals surface area (Å²) < 4.78 is 7.04. The molecule has 3 aromatic rings. The molecule has 2 N–H and O–H groups in total. The largest absolute Gasteiger partial charge is 0.497 e. The number of hydrogen-bond donors (Lipinski definition) is 2. The van der Waals surface area contributed by atoms with Crippen LogP contribution in [0.25, 0.3) is 5.69 Å². The summed E-state index contributed by atoms with van der Waals surface area (Å²) in [6, 6.07) is 18.5. The molecule has 0 spiro atoms. The fraction of sp³-hybridized carbons (Fsp3) is 0.273. The average molecular weight is 377 g/mol. The van der Waals surface area contributed by atoms with Crippen LogP contribution in [-0.4, -0.2) is 43.0 Å². The summed E-state index contributed by atoms with van der Waals surface area (Å²) in [5.74, 6) is 1.70. The molecule has 0 aliphatic rings. The Hall–Kier alpha value is -3.28. The Morgan fingerprint density at radius 2 is 1.57 bits per heavy atom. The van der Waals surface area contributed by atoms with Crippen molar-refractivity contribution in [1.82, 2.24) is 20.4 Å². The van der Waals surface area contributed by atoms with Crippen molar-refractivity contribution >= 4 is 5.96 Å².